The van der Waals surface area contributed by atoms with E-state index in [0.717, 1.165) is 10.6 Å². The Morgan fingerprint density at radius 2 is 1.76 bits per heavy atom. The molecule has 10 nitrogen and oxygen atoms in total. The van der Waals surface area contributed by atoms with E-state index in [0.29, 0.717) is 33.4 Å². The van der Waals surface area contributed by atoms with Crippen LogP contribution in [-0.4, -0.2) is 58.2 Å². The minimum Gasteiger partial charge on any atom is -0.453 e. The van der Waals surface area contributed by atoms with E-state index in [1.54, 1.807) is 19.1 Å². The molecular weight excluding hydrogens is 461 g/mol. The molecule has 1 N–H and O–H groups in total. The SMILES string of the molecule is CNC(=O)c1c(-c2nocc2C)oc2cc(N(C)S(C)(=O)=O)c(B3OC(C)(C)C(C)(C)O3)cc12. The summed E-state index contributed by atoms with van der Waals surface area (Å²) in [7, 11) is -1.55. The molecule has 0 radical (unpaired) electrons. The molecule has 2 aromatic heterocycles. The summed E-state index contributed by atoms with van der Waals surface area (Å²) >= 11 is 0. The van der Waals surface area contributed by atoms with Crippen LogP contribution in [0, 0.1) is 6.92 Å². The first kappa shape index (κ1) is 24.3. The van der Waals surface area contributed by atoms with Gasteiger partial charge in [0.25, 0.3) is 5.91 Å². The quantitative estimate of drug-likeness (QED) is 0.542. The van der Waals surface area contributed by atoms with Crippen LogP contribution < -0.4 is 15.1 Å². The minimum absolute atomic E-state index is 0.222. The van der Waals surface area contributed by atoms with Crippen molar-refractivity contribution in [3.8, 4) is 11.5 Å². The van der Waals surface area contributed by atoms with Gasteiger partial charge in [-0.05, 0) is 40.7 Å². The van der Waals surface area contributed by atoms with Crippen LogP contribution in [-0.2, 0) is 19.3 Å². The fraction of sp³-hybridized carbons (Fsp3) is 0.455. The highest BCUT2D eigenvalue weighted by molar-refractivity contribution is 7.92. The molecule has 1 saturated heterocycles. The van der Waals surface area contributed by atoms with Gasteiger partial charge in [-0.25, -0.2) is 8.42 Å². The van der Waals surface area contributed by atoms with Gasteiger partial charge >= 0.3 is 7.12 Å². The molecule has 0 aliphatic carbocycles. The smallest absolute Gasteiger partial charge is 0.453 e. The molecule has 0 unspecified atom stereocenters. The molecule has 12 heteroatoms. The van der Waals surface area contributed by atoms with Gasteiger partial charge in [-0.2, -0.15) is 0 Å². The van der Waals surface area contributed by atoms with E-state index in [-0.39, 0.29) is 17.2 Å². The van der Waals surface area contributed by atoms with Gasteiger partial charge in [0.2, 0.25) is 10.0 Å². The van der Waals surface area contributed by atoms with Crippen molar-refractivity contribution in [3.63, 3.8) is 0 Å². The van der Waals surface area contributed by atoms with E-state index in [1.165, 1.54) is 20.4 Å². The van der Waals surface area contributed by atoms with E-state index >= 15 is 0 Å². The van der Waals surface area contributed by atoms with Gasteiger partial charge in [0.15, 0.2) is 11.5 Å². The number of aromatic nitrogens is 1. The number of carbonyl (C=O) groups is 1. The second-order valence-corrected chi connectivity index (χ2v) is 11.5. The molecule has 0 saturated carbocycles. The Morgan fingerprint density at radius 3 is 2.26 bits per heavy atom. The van der Waals surface area contributed by atoms with Crippen molar-refractivity contribution in [2.45, 2.75) is 45.8 Å². The molecule has 34 heavy (non-hydrogen) atoms. The van der Waals surface area contributed by atoms with Gasteiger partial charge in [-0.3, -0.25) is 9.10 Å². The van der Waals surface area contributed by atoms with Crippen LogP contribution in [0.4, 0.5) is 5.69 Å². The van der Waals surface area contributed by atoms with E-state index in [1.807, 2.05) is 27.7 Å². The third-order valence-electron chi connectivity index (χ3n) is 6.60. The zero-order chi connectivity index (χ0) is 25.2. The second-order valence-electron chi connectivity index (χ2n) is 9.46. The number of furan rings is 1. The number of aryl methyl sites for hydroxylation is 1. The lowest BCUT2D eigenvalue weighted by Crippen LogP contribution is -2.41. The lowest BCUT2D eigenvalue weighted by molar-refractivity contribution is 0.00578. The minimum atomic E-state index is -3.63. The van der Waals surface area contributed by atoms with Crippen molar-refractivity contribution in [2.75, 3.05) is 24.7 Å². The summed E-state index contributed by atoms with van der Waals surface area (Å²) in [6.07, 6.45) is 2.56. The van der Waals surface area contributed by atoms with Crippen LogP contribution in [0.1, 0.15) is 43.6 Å². The van der Waals surface area contributed by atoms with Crippen molar-refractivity contribution in [3.05, 3.63) is 29.5 Å². The van der Waals surface area contributed by atoms with Crippen LogP contribution in [0.25, 0.3) is 22.4 Å². The van der Waals surface area contributed by atoms with Gasteiger partial charge in [0.1, 0.15) is 11.8 Å². The highest BCUT2D eigenvalue weighted by Crippen LogP contribution is 2.40. The highest BCUT2D eigenvalue weighted by Gasteiger charge is 2.52. The Morgan fingerprint density at radius 1 is 1.15 bits per heavy atom. The second kappa shape index (κ2) is 7.86. The maximum Gasteiger partial charge on any atom is 0.497 e. The number of amides is 1. The van der Waals surface area contributed by atoms with Crippen LogP contribution in [0.5, 0.6) is 0 Å². The van der Waals surface area contributed by atoms with Crippen LogP contribution >= 0.6 is 0 Å². The molecule has 4 rings (SSSR count). The number of anilines is 1. The standard InChI is InChI=1S/C22H28BN3O7S/c1-12-11-30-25-18(12)19-17(20(27)24-6)13-9-14(23-32-21(2,3)22(4,5)33-23)15(10-16(13)31-19)26(7)34(8,28)29/h9-11H,1-8H3,(H,24,27). The summed E-state index contributed by atoms with van der Waals surface area (Å²) in [5, 5.41) is 7.09. The Kier molecular flexibility index (Phi) is 5.62. The molecule has 3 aromatic rings. The van der Waals surface area contributed by atoms with Crippen LogP contribution in [0.3, 0.4) is 0 Å². The van der Waals surface area contributed by atoms with Gasteiger partial charge in [0, 0.05) is 36.6 Å². The lowest BCUT2D eigenvalue weighted by Gasteiger charge is -2.32. The Labute approximate surface area is 198 Å². The zero-order valence-corrected chi connectivity index (χ0v) is 21.3. The molecular formula is C22H28BN3O7S. The predicted molar refractivity (Wildman–Crippen MR) is 129 cm³/mol. The third-order valence-corrected chi connectivity index (χ3v) is 7.79. The van der Waals surface area contributed by atoms with Crippen LogP contribution in [0.15, 0.2) is 27.3 Å². The predicted octanol–water partition coefficient (Wildman–Crippen LogP) is 2.45. The normalized spacial score (nSPS) is 17.4. The van der Waals surface area contributed by atoms with Gasteiger partial charge in [0.05, 0.1) is 28.7 Å². The molecule has 1 aliphatic heterocycles. The molecule has 1 aliphatic rings. The first-order valence-corrected chi connectivity index (χ1v) is 12.6. The molecule has 1 amide bonds. The number of nitrogens with one attached hydrogen (secondary N) is 1. The molecule has 0 bridgehead atoms. The van der Waals surface area contributed by atoms with E-state index in [9.17, 15) is 13.2 Å². The maximum absolute atomic E-state index is 12.9. The third kappa shape index (κ3) is 3.79. The Hall–Kier alpha value is -2.83. The molecule has 182 valence electrons. The summed E-state index contributed by atoms with van der Waals surface area (Å²) in [6.45, 7) is 9.41. The number of hydrogen-bond donors (Lipinski definition) is 1. The fourth-order valence-corrected chi connectivity index (χ4v) is 4.30. The lowest BCUT2D eigenvalue weighted by atomic mass is 9.77. The van der Waals surface area contributed by atoms with Crippen molar-refractivity contribution in [2.24, 2.45) is 0 Å². The topological polar surface area (TPSA) is 124 Å². The van der Waals surface area contributed by atoms with Crippen molar-refractivity contribution >= 4 is 45.2 Å². The van der Waals surface area contributed by atoms with Gasteiger partial charge in [-0.15, -0.1) is 0 Å². The van der Waals surface area contributed by atoms with E-state index in [2.05, 4.69) is 10.5 Å². The average Bonchev–Trinajstić information content (AvgIpc) is 3.37. The van der Waals surface area contributed by atoms with Gasteiger partial charge < -0.3 is 23.6 Å². The number of fused-ring (bicyclic) bond motifs is 1. The number of rotatable bonds is 5. The number of hydrogen-bond acceptors (Lipinski definition) is 8. The average molecular weight is 489 g/mol. The summed E-state index contributed by atoms with van der Waals surface area (Å²) in [5.41, 5.74) is 1.08. The number of benzene rings is 1. The summed E-state index contributed by atoms with van der Waals surface area (Å²) in [6, 6.07) is 3.25. The summed E-state index contributed by atoms with van der Waals surface area (Å²) in [4.78, 5) is 12.9. The number of carbonyl (C=O) groups excluding carboxylic acids is 1. The van der Waals surface area contributed by atoms with Crippen molar-refractivity contribution in [1.82, 2.24) is 10.5 Å². The monoisotopic (exact) mass is 489 g/mol. The zero-order valence-electron chi connectivity index (χ0n) is 20.5. The summed E-state index contributed by atoms with van der Waals surface area (Å²) in [5.74, 6) is -0.167. The molecule has 0 spiro atoms. The Bertz CT molecular complexity index is 1370. The van der Waals surface area contributed by atoms with Crippen molar-refractivity contribution < 1.29 is 31.5 Å². The fourth-order valence-electron chi connectivity index (χ4n) is 3.78. The van der Waals surface area contributed by atoms with Gasteiger partial charge in [-0.1, -0.05) is 5.16 Å². The largest absolute Gasteiger partial charge is 0.497 e. The van der Waals surface area contributed by atoms with Crippen LogP contribution in [0.2, 0.25) is 0 Å². The first-order valence-electron chi connectivity index (χ1n) is 10.7. The molecule has 1 fully saturated rings. The van der Waals surface area contributed by atoms with Crippen molar-refractivity contribution in [1.29, 1.82) is 0 Å². The molecule has 3 heterocycles. The first-order chi connectivity index (χ1) is 15.7. The van der Waals surface area contributed by atoms with E-state index in [4.69, 9.17) is 18.2 Å². The number of sulfonamides is 1. The Balaban J connectivity index is 2.03. The highest BCUT2D eigenvalue weighted by atomic mass is 32.2. The molecule has 1 aromatic carbocycles. The van der Waals surface area contributed by atoms with E-state index < -0.39 is 28.3 Å². The number of nitrogens with zero attached hydrogens (tertiary/aromatic N) is 2. The molecule has 0 atom stereocenters. The maximum atomic E-state index is 12.9. The summed E-state index contributed by atoms with van der Waals surface area (Å²) < 4.78 is 49.7.